The second-order valence-corrected chi connectivity index (χ2v) is 7.37. The normalized spacial score (nSPS) is 12.9. The predicted octanol–water partition coefficient (Wildman–Crippen LogP) is 3.41. The fourth-order valence-corrected chi connectivity index (χ4v) is 3.27. The molecule has 1 aromatic heterocycles. The SMILES string of the molecule is CCc1ccc(C(C)COc2ccc(CC(SC=O)C(=O)NC)cc2)nc1. The number of benzene rings is 1. The number of ether oxygens (including phenoxy) is 1. The molecule has 0 bridgehead atoms. The Bertz CT molecular complexity index is 732. The number of aryl methyl sites for hydroxylation is 1. The van der Waals surface area contributed by atoms with E-state index in [1.807, 2.05) is 30.5 Å². The first-order valence-electron chi connectivity index (χ1n) is 9.04. The van der Waals surface area contributed by atoms with E-state index >= 15 is 0 Å². The Morgan fingerprint density at radius 3 is 2.48 bits per heavy atom. The van der Waals surface area contributed by atoms with Crippen LogP contribution in [0.25, 0.3) is 0 Å². The van der Waals surface area contributed by atoms with Gasteiger partial charge in [-0.15, -0.1) is 0 Å². The van der Waals surface area contributed by atoms with E-state index in [-0.39, 0.29) is 11.8 Å². The van der Waals surface area contributed by atoms with Gasteiger partial charge in [-0.1, -0.05) is 43.8 Å². The summed E-state index contributed by atoms with van der Waals surface area (Å²) in [4.78, 5) is 27.0. The molecule has 0 fully saturated rings. The zero-order chi connectivity index (χ0) is 19.6. The van der Waals surface area contributed by atoms with E-state index in [0.717, 1.165) is 35.2 Å². The lowest BCUT2D eigenvalue weighted by atomic mass is 10.1. The van der Waals surface area contributed by atoms with E-state index in [1.54, 1.807) is 7.05 Å². The third-order valence-electron chi connectivity index (χ3n) is 4.36. The molecule has 1 aromatic carbocycles. The summed E-state index contributed by atoms with van der Waals surface area (Å²) in [6, 6.07) is 11.8. The lowest BCUT2D eigenvalue weighted by molar-refractivity contribution is -0.120. The van der Waals surface area contributed by atoms with Crippen molar-refractivity contribution >= 4 is 23.3 Å². The van der Waals surface area contributed by atoms with Gasteiger partial charge < -0.3 is 10.1 Å². The van der Waals surface area contributed by atoms with Crippen molar-refractivity contribution in [3.8, 4) is 5.75 Å². The average Bonchev–Trinajstić information content (AvgIpc) is 2.72. The van der Waals surface area contributed by atoms with Gasteiger partial charge in [-0.25, -0.2) is 0 Å². The first-order chi connectivity index (χ1) is 13.1. The first-order valence-corrected chi connectivity index (χ1v) is 9.98. The number of carbonyl (C=O) groups excluding carboxylic acids is 2. The van der Waals surface area contributed by atoms with Crippen molar-refractivity contribution in [1.82, 2.24) is 10.3 Å². The van der Waals surface area contributed by atoms with E-state index in [4.69, 9.17) is 4.74 Å². The van der Waals surface area contributed by atoms with E-state index in [9.17, 15) is 9.59 Å². The van der Waals surface area contributed by atoms with Crippen LogP contribution in [0, 0.1) is 0 Å². The molecule has 0 spiro atoms. The lowest BCUT2D eigenvalue weighted by Crippen LogP contribution is -2.31. The first kappa shape index (κ1) is 21.0. The second kappa shape index (κ2) is 10.7. The average molecular weight is 387 g/mol. The number of pyridine rings is 1. The Morgan fingerprint density at radius 2 is 1.93 bits per heavy atom. The maximum Gasteiger partial charge on any atom is 0.233 e. The van der Waals surface area contributed by atoms with Crippen LogP contribution in [0.3, 0.4) is 0 Å². The molecule has 0 aliphatic heterocycles. The third kappa shape index (κ3) is 6.40. The number of nitrogens with one attached hydrogen (secondary N) is 1. The quantitative estimate of drug-likeness (QED) is 0.634. The zero-order valence-corrected chi connectivity index (χ0v) is 16.8. The Kier molecular flexibility index (Phi) is 8.33. The number of thioether (sulfide) groups is 1. The summed E-state index contributed by atoms with van der Waals surface area (Å²) in [6.45, 7) is 4.74. The molecule has 6 heteroatoms. The fraction of sp³-hybridized carbons (Fsp3) is 0.381. The molecule has 0 radical (unpaired) electrons. The Hall–Kier alpha value is -2.34. The largest absolute Gasteiger partial charge is 0.493 e. The van der Waals surface area contributed by atoms with Crippen LogP contribution in [-0.4, -0.2) is 35.4 Å². The van der Waals surface area contributed by atoms with Crippen LogP contribution in [0.15, 0.2) is 42.6 Å². The van der Waals surface area contributed by atoms with Crippen molar-refractivity contribution < 1.29 is 14.3 Å². The van der Waals surface area contributed by atoms with Gasteiger partial charge in [0.1, 0.15) is 5.75 Å². The van der Waals surface area contributed by atoms with Crippen LogP contribution < -0.4 is 10.1 Å². The van der Waals surface area contributed by atoms with Crippen LogP contribution >= 0.6 is 11.8 Å². The van der Waals surface area contributed by atoms with Gasteiger partial charge in [0.25, 0.3) is 0 Å². The van der Waals surface area contributed by atoms with E-state index in [0.29, 0.717) is 18.6 Å². The molecule has 5 nitrogen and oxygen atoms in total. The molecule has 2 rings (SSSR count). The third-order valence-corrected chi connectivity index (χ3v) is 5.18. The maximum atomic E-state index is 11.8. The van der Waals surface area contributed by atoms with Gasteiger partial charge in [0.2, 0.25) is 5.91 Å². The van der Waals surface area contributed by atoms with Crippen LogP contribution in [0.2, 0.25) is 0 Å². The molecule has 1 N–H and O–H groups in total. The molecule has 144 valence electrons. The molecule has 27 heavy (non-hydrogen) atoms. The minimum absolute atomic E-state index is 0.150. The smallest absolute Gasteiger partial charge is 0.233 e. The molecule has 0 saturated heterocycles. The predicted molar refractivity (Wildman–Crippen MR) is 110 cm³/mol. The molecule has 0 aliphatic carbocycles. The summed E-state index contributed by atoms with van der Waals surface area (Å²) < 4.78 is 5.87. The van der Waals surface area contributed by atoms with Crippen molar-refractivity contribution in [3.05, 3.63) is 59.4 Å². The molecule has 0 saturated carbocycles. The summed E-state index contributed by atoms with van der Waals surface area (Å²) in [5, 5.41) is 2.17. The number of amides is 1. The number of hydrogen-bond donors (Lipinski definition) is 1. The molecule has 0 aliphatic rings. The number of carbonyl (C=O) groups is 2. The number of aromatic nitrogens is 1. The molecule has 1 heterocycles. The van der Waals surface area contributed by atoms with Crippen molar-refractivity contribution in [1.29, 1.82) is 0 Å². The van der Waals surface area contributed by atoms with E-state index < -0.39 is 5.25 Å². The van der Waals surface area contributed by atoms with Crippen molar-refractivity contribution in [2.45, 2.75) is 37.9 Å². The molecular formula is C21H26N2O3S. The van der Waals surface area contributed by atoms with Gasteiger partial charge >= 0.3 is 0 Å². The Labute approximate surface area is 164 Å². The molecule has 2 aromatic rings. The topological polar surface area (TPSA) is 68.3 Å². The van der Waals surface area contributed by atoms with Crippen molar-refractivity contribution in [2.75, 3.05) is 13.7 Å². The number of rotatable bonds is 10. The van der Waals surface area contributed by atoms with Gasteiger partial charge in [0.15, 0.2) is 5.62 Å². The minimum Gasteiger partial charge on any atom is -0.493 e. The van der Waals surface area contributed by atoms with Crippen LogP contribution in [-0.2, 0) is 22.4 Å². The van der Waals surface area contributed by atoms with Crippen LogP contribution in [0.5, 0.6) is 5.75 Å². The summed E-state index contributed by atoms with van der Waals surface area (Å²) in [6.07, 6.45) is 3.39. The van der Waals surface area contributed by atoms with Gasteiger partial charge in [-0.05, 0) is 42.2 Å². The monoisotopic (exact) mass is 386 g/mol. The van der Waals surface area contributed by atoms with E-state index in [1.165, 1.54) is 5.56 Å². The second-order valence-electron chi connectivity index (χ2n) is 6.34. The van der Waals surface area contributed by atoms with Crippen LogP contribution in [0.1, 0.15) is 36.6 Å². The highest BCUT2D eigenvalue weighted by Gasteiger charge is 2.18. The summed E-state index contributed by atoms with van der Waals surface area (Å²) >= 11 is 0.992. The lowest BCUT2D eigenvalue weighted by Gasteiger charge is -2.14. The molecule has 2 unspecified atom stereocenters. The van der Waals surface area contributed by atoms with E-state index in [2.05, 4.69) is 36.3 Å². The zero-order valence-electron chi connectivity index (χ0n) is 16.0. The molecule has 1 amide bonds. The van der Waals surface area contributed by atoms with Gasteiger partial charge in [-0.2, -0.15) is 0 Å². The summed E-state index contributed by atoms with van der Waals surface area (Å²) in [5.74, 6) is 0.815. The number of hydrogen-bond acceptors (Lipinski definition) is 5. The standard InChI is InChI=1S/C21H26N2O3S/c1-4-16-7-10-19(23-12-16)15(2)13-26-18-8-5-17(6-9-18)11-20(27-14-24)21(25)22-3/h5-10,12,14-15,20H,4,11,13H2,1-3H3,(H,22,25). The van der Waals surface area contributed by atoms with Gasteiger partial charge in [0, 0.05) is 24.9 Å². The minimum atomic E-state index is -0.420. The Morgan fingerprint density at radius 1 is 1.22 bits per heavy atom. The maximum absolute atomic E-state index is 11.8. The highest BCUT2D eigenvalue weighted by atomic mass is 32.2. The van der Waals surface area contributed by atoms with Gasteiger partial charge in [-0.3, -0.25) is 14.6 Å². The molecule has 2 atom stereocenters. The highest BCUT2D eigenvalue weighted by molar-refractivity contribution is 8.13. The summed E-state index contributed by atoms with van der Waals surface area (Å²) in [5.41, 5.74) is 3.93. The summed E-state index contributed by atoms with van der Waals surface area (Å²) in [7, 11) is 1.57. The fourth-order valence-electron chi connectivity index (χ4n) is 2.61. The Balaban J connectivity index is 1.90. The van der Waals surface area contributed by atoms with Crippen molar-refractivity contribution in [3.63, 3.8) is 0 Å². The highest BCUT2D eigenvalue weighted by Crippen LogP contribution is 2.20. The van der Waals surface area contributed by atoms with Gasteiger partial charge in [0.05, 0.1) is 11.9 Å². The number of nitrogens with zero attached hydrogens (tertiary/aromatic N) is 1. The van der Waals surface area contributed by atoms with Crippen LogP contribution in [0.4, 0.5) is 0 Å². The molecular weight excluding hydrogens is 360 g/mol. The van der Waals surface area contributed by atoms with Crippen molar-refractivity contribution in [2.24, 2.45) is 0 Å².